The third-order valence-electron chi connectivity index (χ3n) is 2.59. The van der Waals surface area contributed by atoms with Gasteiger partial charge in [0.1, 0.15) is 4.90 Å². The highest BCUT2D eigenvalue weighted by Crippen LogP contribution is 2.26. The van der Waals surface area contributed by atoms with Gasteiger partial charge in [0.15, 0.2) is 0 Å². The lowest BCUT2D eigenvalue weighted by Crippen LogP contribution is -1.99. The summed E-state index contributed by atoms with van der Waals surface area (Å²) in [5.41, 5.74) is 1.97. The summed E-state index contributed by atoms with van der Waals surface area (Å²) >= 11 is 0. The number of hydrogen-bond donors (Lipinski definition) is 1. The van der Waals surface area contributed by atoms with Gasteiger partial charge >= 0.3 is 0 Å². The SMILES string of the molecule is Cc1cc(C)c2cccc(S(=O)(=O)O)c2c1. The zero-order chi connectivity index (χ0) is 11.9. The fourth-order valence-corrected chi connectivity index (χ4v) is 2.65. The van der Waals surface area contributed by atoms with Gasteiger partial charge in [0.05, 0.1) is 0 Å². The molecule has 2 aromatic carbocycles. The third-order valence-corrected chi connectivity index (χ3v) is 3.50. The molecule has 0 saturated carbocycles. The van der Waals surface area contributed by atoms with Crippen molar-refractivity contribution < 1.29 is 13.0 Å². The Balaban J connectivity index is 2.98. The number of fused-ring (bicyclic) bond motifs is 1. The van der Waals surface area contributed by atoms with E-state index < -0.39 is 10.1 Å². The third kappa shape index (κ3) is 1.81. The van der Waals surface area contributed by atoms with Crippen LogP contribution in [0.25, 0.3) is 10.8 Å². The van der Waals surface area contributed by atoms with Crippen LogP contribution in [0.4, 0.5) is 0 Å². The topological polar surface area (TPSA) is 54.4 Å². The van der Waals surface area contributed by atoms with Crippen LogP contribution in [0, 0.1) is 13.8 Å². The summed E-state index contributed by atoms with van der Waals surface area (Å²) in [5.74, 6) is 0. The van der Waals surface area contributed by atoms with E-state index in [-0.39, 0.29) is 4.90 Å². The standard InChI is InChI=1S/C12H12O3S/c1-8-6-9(2)10-4-3-5-12(11(10)7-8)16(13,14)15/h3-7H,1-2H3,(H,13,14,15). The summed E-state index contributed by atoms with van der Waals surface area (Å²) in [6.45, 7) is 3.82. The minimum Gasteiger partial charge on any atom is -0.282 e. The predicted molar refractivity (Wildman–Crippen MR) is 63.2 cm³/mol. The van der Waals surface area contributed by atoms with Gasteiger partial charge in [-0.2, -0.15) is 8.42 Å². The molecule has 3 nitrogen and oxygen atoms in total. The molecule has 0 heterocycles. The Bertz CT molecular complexity index is 657. The van der Waals surface area contributed by atoms with E-state index in [1.54, 1.807) is 12.1 Å². The highest BCUT2D eigenvalue weighted by atomic mass is 32.2. The maximum atomic E-state index is 11.2. The molecule has 1 N–H and O–H groups in total. The summed E-state index contributed by atoms with van der Waals surface area (Å²) in [5, 5.41) is 1.42. The van der Waals surface area contributed by atoms with Crippen LogP contribution < -0.4 is 0 Å². The molecule has 0 radical (unpaired) electrons. The van der Waals surface area contributed by atoms with E-state index in [9.17, 15) is 8.42 Å². The van der Waals surface area contributed by atoms with Crippen molar-refractivity contribution >= 4 is 20.9 Å². The molecular formula is C12H12O3S. The van der Waals surface area contributed by atoms with Crippen molar-refractivity contribution in [3.8, 4) is 0 Å². The van der Waals surface area contributed by atoms with Crippen LogP contribution in [0.15, 0.2) is 35.2 Å². The molecule has 4 heteroatoms. The van der Waals surface area contributed by atoms with E-state index in [0.717, 1.165) is 16.5 Å². The van der Waals surface area contributed by atoms with E-state index in [1.165, 1.54) is 6.07 Å². The molecule has 0 spiro atoms. The molecule has 0 atom stereocenters. The molecule has 0 saturated heterocycles. The first-order chi connectivity index (χ1) is 7.39. The van der Waals surface area contributed by atoms with Crippen LogP contribution in [0.5, 0.6) is 0 Å². The van der Waals surface area contributed by atoms with Gasteiger partial charge < -0.3 is 0 Å². The van der Waals surface area contributed by atoms with Gasteiger partial charge in [-0.15, -0.1) is 0 Å². The van der Waals surface area contributed by atoms with E-state index in [2.05, 4.69) is 0 Å². The maximum absolute atomic E-state index is 11.2. The number of benzene rings is 2. The Morgan fingerprint density at radius 2 is 1.75 bits per heavy atom. The van der Waals surface area contributed by atoms with Gasteiger partial charge in [-0.25, -0.2) is 0 Å². The fraction of sp³-hybridized carbons (Fsp3) is 0.167. The quantitative estimate of drug-likeness (QED) is 0.774. The molecule has 0 aliphatic carbocycles. The maximum Gasteiger partial charge on any atom is 0.295 e. The summed E-state index contributed by atoms with van der Waals surface area (Å²) in [6.07, 6.45) is 0. The zero-order valence-corrected chi connectivity index (χ0v) is 9.88. The summed E-state index contributed by atoms with van der Waals surface area (Å²) < 4.78 is 31.6. The normalized spacial score (nSPS) is 11.9. The first-order valence-corrected chi connectivity index (χ1v) is 6.31. The number of rotatable bonds is 1. The number of hydrogen-bond acceptors (Lipinski definition) is 2. The lowest BCUT2D eigenvalue weighted by molar-refractivity contribution is 0.484. The van der Waals surface area contributed by atoms with Gasteiger partial charge in [-0.3, -0.25) is 4.55 Å². The van der Waals surface area contributed by atoms with Crippen molar-refractivity contribution in [1.82, 2.24) is 0 Å². The smallest absolute Gasteiger partial charge is 0.282 e. The first kappa shape index (κ1) is 11.1. The van der Waals surface area contributed by atoms with Crippen molar-refractivity contribution in [3.05, 3.63) is 41.5 Å². The lowest BCUT2D eigenvalue weighted by Gasteiger charge is -2.07. The highest BCUT2D eigenvalue weighted by Gasteiger charge is 2.14. The lowest BCUT2D eigenvalue weighted by atomic mass is 10.0. The summed E-state index contributed by atoms with van der Waals surface area (Å²) in [7, 11) is -4.16. The zero-order valence-electron chi connectivity index (χ0n) is 9.06. The second-order valence-electron chi connectivity index (χ2n) is 3.91. The Morgan fingerprint density at radius 3 is 2.38 bits per heavy atom. The molecule has 0 fully saturated rings. The minimum absolute atomic E-state index is 0.0307. The summed E-state index contributed by atoms with van der Waals surface area (Å²) in [4.78, 5) is -0.0307. The van der Waals surface area contributed by atoms with Crippen molar-refractivity contribution in [2.24, 2.45) is 0 Å². The molecule has 0 aromatic heterocycles. The van der Waals surface area contributed by atoms with Crippen LogP contribution >= 0.6 is 0 Å². The second kappa shape index (κ2) is 3.57. The van der Waals surface area contributed by atoms with Crippen molar-refractivity contribution in [2.45, 2.75) is 18.7 Å². The van der Waals surface area contributed by atoms with Crippen LogP contribution in [-0.2, 0) is 10.1 Å². The van der Waals surface area contributed by atoms with Crippen molar-refractivity contribution in [2.75, 3.05) is 0 Å². The largest absolute Gasteiger partial charge is 0.295 e. The molecule has 2 aromatic rings. The second-order valence-corrected chi connectivity index (χ2v) is 5.30. The van der Waals surface area contributed by atoms with E-state index in [0.29, 0.717) is 5.39 Å². The van der Waals surface area contributed by atoms with Crippen LogP contribution in [-0.4, -0.2) is 13.0 Å². The van der Waals surface area contributed by atoms with Gasteiger partial charge in [-0.1, -0.05) is 29.8 Å². The van der Waals surface area contributed by atoms with Crippen LogP contribution in [0.2, 0.25) is 0 Å². The van der Waals surface area contributed by atoms with Gasteiger partial charge in [0.25, 0.3) is 10.1 Å². The van der Waals surface area contributed by atoms with Crippen molar-refractivity contribution in [1.29, 1.82) is 0 Å². The van der Waals surface area contributed by atoms with Gasteiger partial charge in [0, 0.05) is 5.39 Å². The molecule has 0 unspecified atom stereocenters. The molecule has 0 aliphatic rings. The molecule has 0 bridgehead atoms. The molecule has 16 heavy (non-hydrogen) atoms. The van der Waals surface area contributed by atoms with E-state index in [1.807, 2.05) is 26.0 Å². The molecule has 84 valence electrons. The minimum atomic E-state index is -4.16. The monoisotopic (exact) mass is 236 g/mol. The first-order valence-electron chi connectivity index (χ1n) is 4.87. The average Bonchev–Trinajstić information content (AvgIpc) is 2.15. The van der Waals surface area contributed by atoms with Gasteiger partial charge in [0.2, 0.25) is 0 Å². The molecule has 2 rings (SSSR count). The Kier molecular flexibility index (Phi) is 2.48. The molecular weight excluding hydrogens is 224 g/mol. The summed E-state index contributed by atoms with van der Waals surface area (Å²) in [6, 6.07) is 8.64. The fourth-order valence-electron chi connectivity index (χ4n) is 1.95. The highest BCUT2D eigenvalue weighted by molar-refractivity contribution is 7.86. The van der Waals surface area contributed by atoms with Crippen LogP contribution in [0.1, 0.15) is 11.1 Å². The molecule has 0 aliphatic heterocycles. The average molecular weight is 236 g/mol. The molecule has 0 amide bonds. The predicted octanol–water partition coefficient (Wildman–Crippen LogP) is 2.70. The Hall–Kier alpha value is -1.39. The van der Waals surface area contributed by atoms with E-state index >= 15 is 0 Å². The number of aryl methyl sites for hydroxylation is 2. The van der Waals surface area contributed by atoms with Crippen molar-refractivity contribution in [3.63, 3.8) is 0 Å². The Morgan fingerprint density at radius 1 is 1.06 bits per heavy atom. The Labute approximate surface area is 94.5 Å². The van der Waals surface area contributed by atoms with Crippen LogP contribution in [0.3, 0.4) is 0 Å². The van der Waals surface area contributed by atoms with E-state index in [4.69, 9.17) is 4.55 Å². The van der Waals surface area contributed by atoms with Gasteiger partial charge in [-0.05, 0) is 30.9 Å².